The first kappa shape index (κ1) is 15.0. The minimum Gasteiger partial charge on any atom is -0.323 e. The van der Waals surface area contributed by atoms with Crippen LogP contribution in [0, 0.1) is 11.3 Å². The number of rotatable bonds is 4. The van der Waals surface area contributed by atoms with Crippen LogP contribution in [0.1, 0.15) is 36.7 Å². The summed E-state index contributed by atoms with van der Waals surface area (Å²) in [5.74, 6) is 1.27. The van der Waals surface area contributed by atoms with Crippen molar-refractivity contribution in [2.24, 2.45) is 0 Å². The van der Waals surface area contributed by atoms with Crippen molar-refractivity contribution >= 4 is 33.4 Å². The molecule has 0 aliphatic heterocycles. The number of benzene rings is 1. The van der Waals surface area contributed by atoms with Gasteiger partial charge in [-0.2, -0.15) is 5.26 Å². The van der Waals surface area contributed by atoms with Crippen molar-refractivity contribution in [3.8, 4) is 6.07 Å². The van der Waals surface area contributed by atoms with Gasteiger partial charge in [0.2, 0.25) is 0 Å². The maximum absolute atomic E-state index is 11.5. The van der Waals surface area contributed by atoms with Gasteiger partial charge in [-0.3, -0.25) is 4.21 Å². The Morgan fingerprint density at radius 2 is 2.20 bits per heavy atom. The van der Waals surface area contributed by atoms with Crippen LogP contribution in [0.15, 0.2) is 18.2 Å². The molecule has 2 rings (SSSR count). The third kappa shape index (κ3) is 2.87. The molecule has 0 bridgehead atoms. The fourth-order valence-corrected chi connectivity index (χ4v) is 3.32. The predicted octanol–water partition coefficient (Wildman–Crippen LogP) is 3.15. The van der Waals surface area contributed by atoms with Crippen LogP contribution >= 0.6 is 11.6 Å². The van der Waals surface area contributed by atoms with Crippen molar-refractivity contribution in [2.75, 3.05) is 12.0 Å². The molecule has 6 heteroatoms. The molecular weight excluding hydrogens is 294 g/mol. The summed E-state index contributed by atoms with van der Waals surface area (Å²) in [6, 6.07) is 7.51. The maximum Gasteiger partial charge on any atom is 0.127 e. The van der Waals surface area contributed by atoms with Gasteiger partial charge in [0.05, 0.1) is 28.0 Å². The summed E-state index contributed by atoms with van der Waals surface area (Å²) in [7, 11) is -0.909. The van der Waals surface area contributed by atoms with E-state index in [9.17, 15) is 4.21 Å². The fourth-order valence-electron chi connectivity index (χ4n) is 2.34. The van der Waals surface area contributed by atoms with Crippen LogP contribution in [0.3, 0.4) is 0 Å². The van der Waals surface area contributed by atoms with Gasteiger partial charge < -0.3 is 4.57 Å². The molecule has 0 fully saturated rings. The Bertz CT molecular complexity index is 702. The second-order valence-corrected chi connectivity index (χ2v) is 6.99. The zero-order chi connectivity index (χ0) is 14.9. The van der Waals surface area contributed by atoms with Gasteiger partial charge in [-0.15, -0.1) is 11.6 Å². The lowest BCUT2D eigenvalue weighted by atomic mass is 10.2. The van der Waals surface area contributed by atoms with Gasteiger partial charge in [0.1, 0.15) is 5.82 Å². The van der Waals surface area contributed by atoms with E-state index in [1.54, 1.807) is 18.4 Å². The van der Waals surface area contributed by atoms with Gasteiger partial charge in [0.25, 0.3) is 0 Å². The second kappa shape index (κ2) is 5.94. The minimum atomic E-state index is -0.909. The Morgan fingerprint density at radius 1 is 1.50 bits per heavy atom. The summed E-state index contributed by atoms with van der Waals surface area (Å²) >= 11 is 6.21. The van der Waals surface area contributed by atoms with E-state index in [0.29, 0.717) is 11.3 Å². The van der Waals surface area contributed by atoms with E-state index in [1.807, 2.05) is 24.5 Å². The smallest absolute Gasteiger partial charge is 0.127 e. The van der Waals surface area contributed by atoms with Gasteiger partial charge in [-0.1, -0.05) is 0 Å². The van der Waals surface area contributed by atoms with Crippen molar-refractivity contribution in [2.45, 2.75) is 25.3 Å². The van der Waals surface area contributed by atoms with E-state index in [4.69, 9.17) is 16.9 Å². The Morgan fingerprint density at radius 3 is 2.75 bits per heavy atom. The number of hydrogen-bond donors (Lipinski definition) is 0. The van der Waals surface area contributed by atoms with Crippen LogP contribution in [0.25, 0.3) is 11.0 Å². The van der Waals surface area contributed by atoms with Gasteiger partial charge in [0.15, 0.2) is 0 Å². The fraction of sp³-hybridized carbons (Fsp3) is 0.429. The molecule has 3 unspecified atom stereocenters. The highest BCUT2D eigenvalue weighted by Crippen LogP contribution is 2.28. The lowest BCUT2D eigenvalue weighted by Gasteiger charge is -2.17. The molecule has 0 amide bonds. The maximum atomic E-state index is 11.5. The van der Waals surface area contributed by atoms with Crippen LogP contribution in [0.2, 0.25) is 0 Å². The van der Waals surface area contributed by atoms with Crippen LogP contribution in [0.5, 0.6) is 0 Å². The molecule has 1 aromatic heterocycles. The highest BCUT2D eigenvalue weighted by atomic mass is 35.5. The summed E-state index contributed by atoms with van der Waals surface area (Å²) in [5.41, 5.74) is 2.25. The van der Waals surface area contributed by atoms with Gasteiger partial charge in [-0.25, -0.2) is 4.98 Å². The van der Waals surface area contributed by atoms with Crippen LogP contribution in [-0.4, -0.2) is 25.8 Å². The molecule has 0 saturated carbocycles. The predicted molar refractivity (Wildman–Crippen MR) is 82.4 cm³/mol. The summed E-state index contributed by atoms with van der Waals surface area (Å²) in [4.78, 5) is 4.54. The second-order valence-electron chi connectivity index (χ2n) is 4.86. The first-order valence-corrected chi connectivity index (χ1v) is 8.46. The van der Waals surface area contributed by atoms with Crippen molar-refractivity contribution < 1.29 is 4.21 Å². The summed E-state index contributed by atoms with van der Waals surface area (Å²) in [6.45, 7) is 3.85. The number of imidazole rings is 1. The number of nitriles is 1. The number of fused-ring (bicyclic) bond motifs is 1. The van der Waals surface area contributed by atoms with E-state index in [-0.39, 0.29) is 11.4 Å². The van der Waals surface area contributed by atoms with E-state index < -0.39 is 10.8 Å². The molecule has 0 spiro atoms. The highest BCUT2D eigenvalue weighted by Gasteiger charge is 2.20. The highest BCUT2D eigenvalue weighted by molar-refractivity contribution is 7.84. The molecule has 4 nitrogen and oxygen atoms in total. The van der Waals surface area contributed by atoms with Crippen molar-refractivity contribution in [3.05, 3.63) is 29.6 Å². The molecule has 0 aliphatic carbocycles. The van der Waals surface area contributed by atoms with Gasteiger partial charge in [-0.05, 0) is 32.0 Å². The van der Waals surface area contributed by atoms with Gasteiger partial charge in [0, 0.05) is 28.9 Å². The molecule has 106 valence electrons. The SMILES string of the molecule is CC(Cl)c1nc2ccc(C#N)cc2n1C(C)CS(C)=O. The van der Waals surface area contributed by atoms with Crippen LogP contribution < -0.4 is 0 Å². The molecule has 1 aromatic carbocycles. The van der Waals surface area contributed by atoms with Crippen LogP contribution in [0.4, 0.5) is 0 Å². The molecule has 2 aromatic rings. The number of alkyl halides is 1. The summed E-state index contributed by atoms with van der Waals surface area (Å²) in [6.07, 6.45) is 1.68. The molecule has 0 saturated heterocycles. The number of nitrogens with zero attached hydrogens (tertiary/aromatic N) is 3. The third-order valence-electron chi connectivity index (χ3n) is 3.12. The zero-order valence-corrected chi connectivity index (χ0v) is 13.2. The van der Waals surface area contributed by atoms with Crippen molar-refractivity contribution in [1.82, 2.24) is 9.55 Å². The average molecular weight is 310 g/mol. The Labute approximate surface area is 125 Å². The first-order chi connectivity index (χ1) is 9.43. The first-order valence-electron chi connectivity index (χ1n) is 6.30. The molecule has 0 radical (unpaired) electrons. The van der Waals surface area contributed by atoms with Crippen molar-refractivity contribution in [3.63, 3.8) is 0 Å². The molecule has 0 aliphatic rings. The minimum absolute atomic E-state index is 0.0102. The number of hydrogen-bond acceptors (Lipinski definition) is 3. The van der Waals surface area contributed by atoms with E-state index >= 15 is 0 Å². The molecular formula is C14H16ClN3OS. The van der Waals surface area contributed by atoms with E-state index in [0.717, 1.165) is 16.9 Å². The lowest BCUT2D eigenvalue weighted by Crippen LogP contribution is -2.16. The lowest BCUT2D eigenvalue weighted by molar-refractivity contribution is 0.583. The molecule has 3 atom stereocenters. The largest absolute Gasteiger partial charge is 0.323 e. The summed E-state index contributed by atoms with van der Waals surface area (Å²) < 4.78 is 13.5. The van der Waals surface area contributed by atoms with Crippen LogP contribution in [-0.2, 0) is 10.8 Å². The van der Waals surface area contributed by atoms with Gasteiger partial charge >= 0.3 is 0 Å². The Kier molecular flexibility index (Phi) is 4.46. The van der Waals surface area contributed by atoms with E-state index in [1.165, 1.54) is 0 Å². The molecule has 1 heterocycles. The summed E-state index contributed by atoms with van der Waals surface area (Å²) in [5, 5.41) is 8.78. The van der Waals surface area contributed by atoms with E-state index in [2.05, 4.69) is 11.1 Å². The number of aromatic nitrogens is 2. The quantitative estimate of drug-likeness (QED) is 0.815. The Balaban J connectivity index is 2.66. The van der Waals surface area contributed by atoms with Crippen molar-refractivity contribution in [1.29, 1.82) is 5.26 Å². The monoisotopic (exact) mass is 309 g/mol. The third-order valence-corrected chi connectivity index (χ3v) is 4.27. The standard InChI is InChI=1S/C14H16ClN3OS/c1-9(8-20(3)19)18-13-6-11(7-16)4-5-12(13)17-14(18)10(2)15/h4-6,9-10H,8H2,1-3H3. The number of halogens is 1. The molecule has 0 N–H and O–H groups in total. The topological polar surface area (TPSA) is 58.7 Å². The zero-order valence-electron chi connectivity index (χ0n) is 11.6. The average Bonchev–Trinajstić information content (AvgIpc) is 2.76. The Hall–Kier alpha value is -1.38. The molecule has 20 heavy (non-hydrogen) atoms. The normalized spacial score (nSPS) is 15.8.